The first-order chi connectivity index (χ1) is 6.29. The molecule has 0 aliphatic carbocycles. The van der Waals surface area contributed by atoms with Gasteiger partial charge in [0.15, 0.2) is 0 Å². The lowest BCUT2D eigenvalue weighted by atomic mass is 10.1. The summed E-state index contributed by atoms with van der Waals surface area (Å²) in [5, 5.41) is 1.86. The summed E-state index contributed by atoms with van der Waals surface area (Å²) in [7, 11) is 0. The van der Waals surface area contributed by atoms with Crippen LogP contribution in [0.15, 0.2) is 35.1 Å². The first-order valence-corrected chi connectivity index (χ1v) is 5.10. The third-order valence-electron chi connectivity index (χ3n) is 1.94. The fourth-order valence-corrected chi connectivity index (χ4v) is 1.63. The van der Waals surface area contributed by atoms with E-state index >= 15 is 0 Å². The lowest BCUT2D eigenvalue weighted by Crippen LogP contribution is -2.02. The Labute approximate surface area is 83.7 Å². The Morgan fingerprint density at radius 1 is 1.23 bits per heavy atom. The molecular weight excluding hydrogens is 230 g/mol. The van der Waals surface area contributed by atoms with Gasteiger partial charge in [-0.25, -0.2) is 0 Å². The van der Waals surface area contributed by atoms with E-state index in [9.17, 15) is 4.79 Å². The molecule has 0 aliphatic heterocycles. The van der Waals surface area contributed by atoms with E-state index < -0.39 is 0 Å². The Morgan fingerprint density at radius 2 is 2.00 bits per heavy atom. The average molecular weight is 238 g/mol. The minimum absolute atomic E-state index is 0.0563. The molecule has 2 rings (SSSR count). The summed E-state index contributed by atoms with van der Waals surface area (Å²) >= 11 is 3.37. The smallest absolute Gasteiger partial charge is 0.248 e. The number of pyridine rings is 1. The number of benzene rings is 1. The summed E-state index contributed by atoms with van der Waals surface area (Å²) in [6.07, 6.45) is 0. The van der Waals surface area contributed by atoms with Crippen molar-refractivity contribution in [3.8, 4) is 0 Å². The standard InChI is InChI=1S/C10H8BrNO/c11-6-7-1-2-8-3-4-10(13)12-9(8)5-7/h1-5H,6H2,(H,12,13). The van der Waals surface area contributed by atoms with Crippen LogP contribution in [0.25, 0.3) is 10.9 Å². The molecule has 66 valence electrons. The Bertz CT molecular complexity index is 489. The van der Waals surface area contributed by atoms with Gasteiger partial charge in [-0.05, 0) is 23.1 Å². The number of aromatic amines is 1. The molecule has 1 heterocycles. The van der Waals surface area contributed by atoms with Crippen molar-refractivity contribution >= 4 is 26.8 Å². The van der Waals surface area contributed by atoms with Crippen molar-refractivity contribution in [1.29, 1.82) is 0 Å². The number of alkyl halides is 1. The summed E-state index contributed by atoms with van der Waals surface area (Å²) in [5.41, 5.74) is 2.00. The molecule has 0 bridgehead atoms. The molecule has 0 aliphatic rings. The molecule has 1 aromatic heterocycles. The van der Waals surface area contributed by atoms with Crippen molar-refractivity contribution in [2.75, 3.05) is 0 Å². The molecule has 3 heteroatoms. The van der Waals surface area contributed by atoms with Crippen molar-refractivity contribution < 1.29 is 0 Å². The fraction of sp³-hybridized carbons (Fsp3) is 0.100. The largest absolute Gasteiger partial charge is 0.322 e. The van der Waals surface area contributed by atoms with Gasteiger partial charge in [0.2, 0.25) is 5.56 Å². The SMILES string of the molecule is O=c1ccc2ccc(CBr)cc2[nH]1. The van der Waals surface area contributed by atoms with Crippen molar-refractivity contribution in [1.82, 2.24) is 4.98 Å². The molecule has 1 N–H and O–H groups in total. The van der Waals surface area contributed by atoms with Gasteiger partial charge in [-0.1, -0.05) is 28.1 Å². The summed E-state index contributed by atoms with van der Waals surface area (Å²) in [6, 6.07) is 9.38. The summed E-state index contributed by atoms with van der Waals surface area (Å²) < 4.78 is 0. The molecule has 2 nitrogen and oxygen atoms in total. The van der Waals surface area contributed by atoms with Crippen LogP contribution in [0.1, 0.15) is 5.56 Å². The normalized spacial score (nSPS) is 10.5. The minimum atomic E-state index is -0.0563. The van der Waals surface area contributed by atoms with Crippen LogP contribution in [0.3, 0.4) is 0 Å². The van der Waals surface area contributed by atoms with E-state index in [4.69, 9.17) is 0 Å². The van der Waals surface area contributed by atoms with E-state index in [1.165, 1.54) is 6.07 Å². The lowest BCUT2D eigenvalue weighted by molar-refractivity contribution is 1.30. The second kappa shape index (κ2) is 3.34. The molecule has 0 spiro atoms. The highest BCUT2D eigenvalue weighted by Crippen LogP contribution is 2.13. The van der Waals surface area contributed by atoms with Gasteiger partial charge in [0.1, 0.15) is 0 Å². The summed E-state index contributed by atoms with van der Waals surface area (Å²) in [4.78, 5) is 13.8. The van der Waals surface area contributed by atoms with Crippen LogP contribution in [0.4, 0.5) is 0 Å². The number of nitrogens with one attached hydrogen (secondary N) is 1. The van der Waals surface area contributed by atoms with E-state index in [0.29, 0.717) is 0 Å². The van der Waals surface area contributed by atoms with Gasteiger partial charge in [0.05, 0.1) is 0 Å². The number of aromatic nitrogens is 1. The van der Waals surface area contributed by atoms with E-state index in [1.807, 2.05) is 24.3 Å². The van der Waals surface area contributed by atoms with Crippen molar-refractivity contribution in [2.24, 2.45) is 0 Å². The van der Waals surface area contributed by atoms with Crippen LogP contribution < -0.4 is 5.56 Å². The monoisotopic (exact) mass is 237 g/mol. The molecule has 2 aromatic rings. The predicted octanol–water partition coefficient (Wildman–Crippen LogP) is 2.42. The first-order valence-electron chi connectivity index (χ1n) is 3.97. The maximum Gasteiger partial charge on any atom is 0.248 e. The molecule has 0 amide bonds. The zero-order valence-electron chi connectivity index (χ0n) is 6.88. The molecule has 13 heavy (non-hydrogen) atoms. The van der Waals surface area contributed by atoms with Gasteiger partial charge < -0.3 is 4.98 Å². The van der Waals surface area contributed by atoms with Gasteiger partial charge in [-0.2, -0.15) is 0 Å². The van der Waals surface area contributed by atoms with Crippen molar-refractivity contribution in [2.45, 2.75) is 5.33 Å². The first kappa shape index (κ1) is 8.51. The minimum Gasteiger partial charge on any atom is -0.322 e. The molecule has 0 fully saturated rings. The van der Waals surface area contributed by atoms with Crippen molar-refractivity contribution in [3.63, 3.8) is 0 Å². The molecule has 0 atom stereocenters. The topological polar surface area (TPSA) is 32.9 Å². The third-order valence-corrected chi connectivity index (χ3v) is 2.59. The van der Waals surface area contributed by atoms with Gasteiger partial charge >= 0.3 is 0 Å². The van der Waals surface area contributed by atoms with E-state index in [0.717, 1.165) is 21.8 Å². The highest BCUT2D eigenvalue weighted by atomic mass is 79.9. The Kier molecular flexibility index (Phi) is 2.19. The maximum atomic E-state index is 11.0. The van der Waals surface area contributed by atoms with E-state index in [2.05, 4.69) is 20.9 Å². The van der Waals surface area contributed by atoms with E-state index in [-0.39, 0.29) is 5.56 Å². The zero-order valence-corrected chi connectivity index (χ0v) is 8.47. The average Bonchev–Trinajstić information content (AvgIpc) is 2.16. The van der Waals surface area contributed by atoms with Crippen LogP contribution >= 0.6 is 15.9 Å². The third kappa shape index (κ3) is 1.65. The molecule has 0 unspecified atom stereocenters. The number of rotatable bonds is 1. The molecule has 1 aromatic carbocycles. The van der Waals surface area contributed by atoms with Crippen LogP contribution in [-0.4, -0.2) is 4.98 Å². The number of H-pyrrole nitrogens is 1. The van der Waals surface area contributed by atoms with Crippen LogP contribution in [-0.2, 0) is 5.33 Å². The number of hydrogen-bond acceptors (Lipinski definition) is 1. The van der Waals surface area contributed by atoms with Crippen LogP contribution in [0.2, 0.25) is 0 Å². The number of hydrogen-bond donors (Lipinski definition) is 1. The number of halogens is 1. The Balaban J connectivity index is 2.75. The van der Waals surface area contributed by atoms with Gasteiger partial charge in [0, 0.05) is 16.9 Å². The van der Waals surface area contributed by atoms with Crippen molar-refractivity contribution in [3.05, 3.63) is 46.2 Å². The van der Waals surface area contributed by atoms with Gasteiger partial charge in [-0.15, -0.1) is 0 Å². The summed E-state index contributed by atoms with van der Waals surface area (Å²) in [6.45, 7) is 0. The Morgan fingerprint density at radius 3 is 2.77 bits per heavy atom. The highest BCUT2D eigenvalue weighted by Gasteiger charge is 1.95. The van der Waals surface area contributed by atoms with E-state index in [1.54, 1.807) is 0 Å². The second-order valence-electron chi connectivity index (χ2n) is 2.88. The van der Waals surface area contributed by atoms with Crippen LogP contribution in [0, 0.1) is 0 Å². The Hall–Kier alpha value is -1.09. The lowest BCUT2D eigenvalue weighted by Gasteiger charge is -1.99. The second-order valence-corrected chi connectivity index (χ2v) is 3.44. The molecular formula is C10H8BrNO. The van der Waals surface area contributed by atoms with Gasteiger partial charge in [-0.3, -0.25) is 4.79 Å². The quantitative estimate of drug-likeness (QED) is 0.760. The highest BCUT2D eigenvalue weighted by molar-refractivity contribution is 9.08. The fourth-order valence-electron chi connectivity index (χ4n) is 1.28. The summed E-state index contributed by atoms with van der Waals surface area (Å²) in [5.74, 6) is 0. The zero-order chi connectivity index (χ0) is 9.26. The predicted molar refractivity (Wildman–Crippen MR) is 57.2 cm³/mol. The van der Waals surface area contributed by atoms with Crippen LogP contribution in [0.5, 0.6) is 0 Å². The van der Waals surface area contributed by atoms with Gasteiger partial charge in [0.25, 0.3) is 0 Å². The molecule has 0 radical (unpaired) electrons. The number of fused-ring (bicyclic) bond motifs is 1. The molecule has 0 saturated heterocycles. The molecule has 0 saturated carbocycles. The maximum absolute atomic E-state index is 11.0.